The summed E-state index contributed by atoms with van der Waals surface area (Å²) in [5.41, 5.74) is 2.74. The first-order valence-electron chi connectivity index (χ1n) is 7.70. The van der Waals surface area contributed by atoms with Crippen LogP contribution in [-0.2, 0) is 23.3 Å². The van der Waals surface area contributed by atoms with Gasteiger partial charge in [0.25, 0.3) is 0 Å². The fourth-order valence-electron chi connectivity index (χ4n) is 3.92. The molecular weight excluding hydrogens is 250 g/mol. The van der Waals surface area contributed by atoms with Gasteiger partial charge in [-0.1, -0.05) is 25.1 Å². The molecule has 3 nitrogen and oxygen atoms in total. The van der Waals surface area contributed by atoms with Gasteiger partial charge in [0, 0.05) is 6.54 Å². The second-order valence-corrected chi connectivity index (χ2v) is 6.60. The van der Waals surface area contributed by atoms with E-state index in [1.54, 1.807) is 0 Å². The largest absolute Gasteiger partial charge is 0.383 e. The van der Waals surface area contributed by atoms with Crippen LogP contribution < -0.4 is 5.32 Å². The van der Waals surface area contributed by atoms with Crippen LogP contribution in [0.3, 0.4) is 0 Å². The van der Waals surface area contributed by atoms with Crippen LogP contribution in [-0.4, -0.2) is 23.9 Å². The van der Waals surface area contributed by atoms with Gasteiger partial charge in [0.2, 0.25) is 0 Å². The highest BCUT2D eigenvalue weighted by molar-refractivity contribution is 5.41. The molecule has 1 fully saturated rings. The van der Waals surface area contributed by atoms with Gasteiger partial charge in [0.15, 0.2) is 0 Å². The molecule has 0 aromatic heterocycles. The molecule has 3 rings (SSSR count). The highest BCUT2D eigenvalue weighted by Crippen LogP contribution is 2.40. The van der Waals surface area contributed by atoms with Crippen molar-refractivity contribution in [3.05, 3.63) is 34.9 Å². The summed E-state index contributed by atoms with van der Waals surface area (Å²) < 4.78 is 6.01. The summed E-state index contributed by atoms with van der Waals surface area (Å²) in [4.78, 5) is 0. The molecule has 0 aliphatic carbocycles. The predicted octanol–water partition coefficient (Wildman–Crippen LogP) is 2.35. The Morgan fingerprint density at radius 2 is 2.15 bits per heavy atom. The van der Waals surface area contributed by atoms with Gasteiger partial charge in [-0.15, -0.1) is 0 Å². The van der Waals surface area contributed by atoms with E-state index >= 15 is 0 Å². The third kappa shape index (κ3) is 2.28. The number of fused-ring (bicyclic) bond motifs is 1. The van der Waals surface area contributed by atoms with E-state index in [-0.39, 0.29) is 12.2 Å². The number of hydrogen-bond acceptors (Lipinski definition) is 3. The lowest BCUT2D eigenvalue weighted by atomic mass is 9.79. The second kappa shape index (κ2) is 5.14. The maximum Gasteiger partial charge on any atom is 0.113 e. The number of hydrogen-bond donors (Lipinski definition) is 2. The lowest BCUT2D eigenvalue weighted by Crippen LogP contribution is -2.41. The van der Waals surface area contributed by atoms with Crippen molar-refractivity contribution in [3.8, 4) is 0 Å². The van der Waals surface area contributed by atoms with E-state index in [0.29, 0.717) is 5.92 Å². The van der Waals surface area contributed by atoms with Gasteiger partial charge in [-0.2, -0.15) is 0 Å². The normalized spacial score (nSPS) is 32.7. The van der Waals surface area contributed by atoms with E-state index in [2.05, 4.69) is 37.4 Å². The van der Waals surface area contributed by atoms with Crippen LogP contribution in [0.4, 0.5) is 0 Å². The Kier molecular flexibility index (Phi) is 3.61. The van der Waals surface area contributed by atoms with Gasteiger partial charge in [-0.3, -0.25) is 0 Å². The third-order valence-corrected chi connectivity index (χ3v) is 4.84. The van der Waals surface area contributed by atoms with Crippen LogP contribution in [0, 0.1) is 5.92 Å². The summed E-state index contributed by atoms with van der Waals surface area (Å²) in [7, 11) is 0. The van der Waals surface area contributed by atoms with Gasteiger partial charge < -0.3 is 15.2 Å². The van der Waals surface area contributed by atoms with Gasteiger partial charge in [-0.25, -0.2) is 0 Å². The quantitative estimate of drug-likeness (QED) is 0.870. The SMILES string of the molecule is C[C@@H]1C[C@H](C)O[C@@H]1[C@@](C)(O)c1cccc2c1CNCC2. The highest BCUT2D eigenvalue weighted by atomic mass is 16.5. The number of ether oxygens (including phenoxy) is 1. The zero-order chi connectivity index (χ0) is 14.3. The first-order valence-corrected chi connectivity index (χ1v) is 7.70. The molecule has 2 heterocycles. The van der Waals surface area contributed by atoms with Crippen LogP contribution in [0.15, 0.2) is 18.2 Å². The zero-order valence-electron chi connectivity index (χ0n) is 12.6. The van der Waals surface area contributed by atoms with Crippen molar-refractivity contribution >= 4 is 0 Å². The van der Waals surface area contributed by atoms with Crippen molar-refractivity contribution in [1.29, 1.82) is 0 Å². The number of nitrogens with one attached hydrogen (secondary N) is 1. The van der Waals surface area contributed by atoms with Crippen LogP contribution in [0.5, 0.6) is 0 Å². The zero-order valence-corrected chi connectivity index (χ0v) is 12.6. The molecule has 1 aromatic carbocycles. The maximum atomic E-state index is 11.2. The Morgan fingerprint density at radius 1 is 1.35 bits per heavy atom. The maximum absolute atomic E-state index is 11.2. The minimum Gasteiger partial charge on any atom is -0.383 e. The van der Waals surface area contributed by atoms with Gasteiger partial charge >= 0.3 is 0 Å². The van der Waals surface area contributed by atoms with Crippen LogP contribution in [0.25, 0.3) is 0 Å². The third-order valence-electron chi connectivity index (χ3n) is 4.84. The van der Waals surface area contributed by atoms with E-state index in [0.717, 1.165) is 31.5 Å². The van der Waals surface area contributed by atoms with Gasteiger partial charge in [0.1, 0.15) is 5.60 Å². The van der Waals surface area contributed by atoms with Crippen molar-refractivity contribution in [2.45, 2.75) is 58.0 Å². The molecule has 0 unspecified atom stereocenters. The first-order chi connectivity index (χ1) is 9.50. The molecule has 0 amide bonds. The summed E-state index contributed by atoms with van der Waals surface area (Å²) in [6.07, 6.45) is 2.18. The Labute approximate surface area is 121 Å². The molecule has 2 N–H and O–H groups in total. The van der Waals surface area contributed by atoms with Gasteiger partial charge in [0.05, 0.1) is 12.2 Å². The van der Waals surface area contributed by atoms with Crippen LogP contribution >= 0.6 is 0 Å². The molecule has 2 aliphatic heterocycles. The molecule has 0 spiro atoms. The monoisotopic (exact) mass is 275 g/mol. The molecule has 1 aromatic rings. The average Bonchev–Trinajstić information content (AvgIpc) is 2.78. The average molecular weight is 275 g/mol. The van der Waals surface area contributed by atoms with Crippen molar-refractivity contribution in [3.63, 3.8) is 0 Å². The number of rotatable bonds is 2. The lowest BCUT2D eigenvalue weighted by Gasteiger charge is -2.36. The van der Waals surface area contributed by atoms with E-state index in [4.69, 9.17) is 4.74 Å². The van der Waals surface area contributed by atoms with Crippen molar-refractivity contribution in [1.82, 2.24) is 5.32 Å². The molecule has 20 heavy (non-hydrogen) atoms. The Balaban J connectivity index is 1.99. The smallest absolute Gasteiger partial charge is 0.113 e. The molecule has 4 atom stereocenters. The predicted molar refractivity (Wildman–Crippen MR) is 79.5 cm³/mol. The highest BCUT2D eigenvalue weighted by Gasteiger charge is 2.44. The first kappa shape index (κ1) is 14.1. The van der Waals surface area contributed by atoms with E-state index in [1.165, 1.54) is 11.1 Å². The van der Waals surface area contributed by atoms with Crippen molar-refractivity contribution in [2.75, 3.05) is 6.54 Å². The summed E-state index contributed by atoms with van der Waals surface area (Å²) in [6, 6.07) is 6.30. The fourth-order valence-corrected chi connectivity index (χ4v) is 3.92. The molecule has 0 bridgehead atoms. The standard InChI is InChI=1S/C17H25NO2/c1-11-9-12(2)20-16(11)17(3,19)15-6-4-5-13-7-8-18-10-14(13)15/h4-6,11-12,16,18-19H,7-10H2,1-3H3/t11-,12+,16+,17+/m1/s1. The topological polar surface area (TPSA) is 41.5 Å². The molecule has 110 valence electrons. The number of benzene rings is 1. The summed E-state index contributed by atoms with van der Waals surface area (Å²) in [5.74, 6) is 0.382. The van der Waals surface area contributed by atoms with Crippen molar-refractivity contribution < 1.29 is 9.84 Å². The molecule has 3 heteroatoms. The van der Waals surface area contributed by atoms with E-state index in [1.807, 2.05) is 6.92 Å². The van der Waals surface area contributed by atoms with Crippen LogP contribution in [0.2, 0.25) is 0 Å². The van der Waals surface area contributed by atoms with E-state index in [9.17, 15) is 5.11 Å². The molecule has 2 aliphatic rings. The molecule has 0 radical (unpaired) electrons. The van der Waals surface area contributed by atoms with E-state index < -0.39 is 5.60 Å². The second-order valence-electron chi connectivity index (χ2n) is 6.60. The molecule has 0 saturated carbocycles. The molecule has 1 saturated heterocycles. The fraction of sp³-hybridized carbons (Fsp3) is 0.647. The van der Waals surface area contributed by atoms with Crippen molar-refractivity contribution in [2.24, 2.45) is 5.92 Å². The Bertz CT molecular complexity index is 498. The lowest BCUT2D eigenvalue weighted by molar-refractivity contribution is -0.106. The number of aliphatic hydroxyl groups is 1. The molecular formula is C17H25NO2. The summed E-state index contributed by atoms with van der Waals surface area (Å²) >= 11 is 0. The minimum absolute atomic E-state index is 0.120. The minimum atomic E-state index is -0.922. The Hall–Kier alpha value is -0.900. The van der Waals surface area contributed by atoms with Crippen LogP contribution in [0.1, 0.15) is 43.9 Å². The van der Waals surface area contributed by atoms with Gasteiger partial charge in [-0.05, 0) is 55.8 Å². The summed E-state index contributed by atoms with van der Waals surface area (Å²) in [5, 5.41) is 14.6. The Morgan fingerprint density at radius 3 is 2.85 bits per heavy atom. The summed E-state index contributed by atoms with van der Waals surface area (Å²) in [6.45, 7) is 8.05.